The first-order valence-electron chi connectivity index (χ1n) is 6.36. The van der Waals surface area contributed by atoms with Crippen molar-refractivity contribution in [3.8, 4) is 17.5 Å². The Morgan fingerprint density at radius 1 is 1.04 bits per heavy atom. The fourth-order valence-electron chi connectivity index (χ4n) is 1.83. The lowest BCUT2D eigenvalue weighted by molar-refractivity contribution is 0.366. The van der Waals surface area contributed by atoms with E-state index in [9.17, 15) is 8.42 Å². The minimum Gasteiger partial charge on any atom is -0.495 e. The van der Waals surface area contributed by atoms with Gasteiger partial charge in [-0.3, -0.25) is 4.72 Å². The highest BCUT2D eigenvalue weighted by atomic mass is 79.9. The normalized spacial score (nSPS) is 11.0. The number of benzene rings is 1. The second-order valence-electron chi connectivity index (χ2n) is 4.31. The van der Waals surface area contributed by atoms with Crippen LogP contribution in [0.25, 0.3) is 0 Å². The van der Waals surface area contributed by atoms with Crippen molar-refractivity contribution in [3.05, 3.63) is 34.8 Å². The Labute approximate surface area is 142 Å². The SMILES string of the molecule is COc1ccc(NS(=O)(=O)c2cc(Br)ccc2OC)c(OC)n1. The molecule has 0 bridgehead atoms. The number of hydrogen-bond donors (Lipinski definition) is 1. The van der Waals surface area contributed by atoms with Crippen molar-refractivity contribution in [2.75, 3.05) is 26.1 Å². The molecule has 0 radical (unpaired) electrons. The summed E-state index contributed by atoms with van der Waals surface area (Å²) in [6.07, 6.45) is 0. The molecule has 0 spiro atoms. The number of aromatic nitrogens is 1. The Hall–Kier alpha value is -2.00. The molecule has 0 fully saturated rings. The maximum Gasteiger partial charge on any atom is 0.265 e. The molecule has 0 saturated heterocycles. The Bertz CT molecular complexity index is 811. The Morgan fingerprint density at radius 3 is 2.39 bits per heavy atom. The van der Waals surface area contributed by atoms with Crippen molar-refractivity contribution in [3.63, 3.8) is 0 Å². The number of anilines is 1. The zero-order chi connectivity index (χ0) is 17.0. The molecule has 1 aromatic heterocycles. The molecule has 23 heavy (non-hydrogen) atoms. The summed E-state index contributed by atoms with van der Waals surface area (Å²) in [5.74, 6) is 0.632. The van der Waals surface area contributed by atoms with Crippen LogP contribution in [0.4, 0.5) is 5.69 Å². The van der Waals surface area contributed by atoms with E-state index in [4.69, 9.17) is 14.2 Å². The average Bonchev–Trinajstić information content (AvgIpc) is 2.54. The van der Waals surface area contributed by atoms with Gasteiger partial charge in [-0.25, -0.2) is 8.42 Å². The summed E-state index contributed by atoms with van der Waals surface area (Å²) >= 11 is 3.25. The van der Waals surface area contributed by atoms with Crippen molar-refractivity contribution in [2.24, 2.45) is 0 Å². The topological polar surface area (TPSA) is 86.8 Å². The van der Waals surface area contributed by atoms with Crippen LogP contribution in [0, 0.1) is 0 Å². The fraction of sp³-hybridized carbons (Fsp3) is 0.214. The number of nitrogens with one attached hydrogen (secondary N) is 1. The van der Waals surface area contributed by atoms with Gasteiger partial charge in [-0.15, -0.1) is 0 Å². The highest BCUT2D eigenvalue weighted by molar-refractivity contribution is 9.10. The lowest BCUT2D eigenvalue weighted by Gasteiger charge is -2.14. The Kier molecular flexibility index (Phi) is 5.32. The predicted molar refractivity (Wildman–Crippen MR) is 88.8 cm³/mol. The van der Waals surface area contributed by atoms with Crippen LogP contribution in [0.1, 0.15) is 0 Å². The van der Waals surface area contributed by atoms with Crippen LogP contribution >= 0.6 is 15.9 Å². The number of hydrogen-bond acceptors (Lipinski definition) is 6. The molecule has 0 saturated carbocycles. The molecule has 124 valence electrons. The summed E-state index contributed by atoms with van der Waals surface area (Å²) in [6.45, 7) is 0. The molecular formula is C14H15BrN2O5S. The van der Waals surface area contributed by atoms with Crippen LogP contribution in [0.3, 0.4) is 0 Å². The molecule has 0 amide bonds. The van der Waals surface area contributed by atoms with Gasteiger partial charge in [0, 0.05) is 10.5 Å². The third-order valence-corrected chi connectivity index (χ3v) is 4.78. The van der Waals surface area contributed by atoms with E-state index in [1.54, 1.807) is 12.1 Å². The Morgan fingerprint density at radius 2 is 1.78 bits per heavy atom. The van der Waals surface area contributed by atoms with Gasteiger partial charge in [0.2, 0.25) is 11.8 Å². The minimum atomic E-state index is -3.90. The molecule has 9 heteroatoms. The van der Waals surface area contributed by atoms with E-state index in [1.165, 1.54) is 39.5 Å². The summed E-state index contributed by atoms with van der Waals surface area (Å²) < 4.78 is 43.5. The first kappa shape index (κ1) is 17.4. The van der Waals surface area contributed by atoms with Crippen molar-refractivity contribution >= 4 is 31.6 Å². The smallest absolute Gasteiger partial charge is 0.265 e. The van der Waals surface area contributed by atoms with Crippen LogP contribution in [-0.2, 0) is 10.0 Å². The summed E-state index contributed by atoms with van der Waals surface area (Å²) in [7, 11) is 0.348. The predicted octanol–water partition coefficient (Wildman–Crippen LogP) is 2.67. The van der Waals surface area contributed by atoms with Crippen molar-refractivity contribution < 1.29 is 22.6 Å². The molecule has 2 rings (SSSR count). The van der Waals surface area contributed by atoms with Crippen molar-refractivity contribution in [1.29, 1.82) is 0 Å². The molecule has 1 N–H and O–H groups in total. The maximum atomic E-state index is 12.6. The second-order valence-corrected chi connectivity index (χ2v) is 6.88. The summed E-state index contributed by atoms with van der Waals surface area (Å²) in [4.78, 5) is 4.03. The lowest BCUT2D eigenvalue weighted by atomic mass is 10.3. The molecule has 1 heterocycles. The van der Waals surface area contributed by atoms with E-state index in [2.05, 4.69) is 25.6 Å². The van der Waals surface area contributed by atoms with E-state index in [1.807, 2.05) is 0 Å². The van der Waals surface area contributed by atoms with Gasteiger partial charge in [-0.05, 0) is 24.3 Å². The Balaban J connectivity index is 2.45. The number of pyridine rings is 1. The third-order valence-electron chi connectivity index (χ3n) is 2.90. The van der Waals surface area contributed by atoms with Gasteiger partial charge in [0.05, 0.1) is 21.3 Å². The van der Waals surface area contributed by atoms with E-state index >= 15 is 0 Å². The van der Waals surface area contributed by atoms with Gasteiger partial charge in [0.1, 0.15) is 16.3 Å². The summed E-state index contributed by atoms with van der Waals surface area (Å²) in [5.41, 5.74) is 0.190. The van der Waals surface area contributed by atoms with Crippen LogP contribution < -0.4 is 18.9 Å². The molecule has 7 nitrogen and oxygen atoms in total. The molecule has 0 atom stereocenters. The molecule has 1 aromatic carbocycles. The van der Waals surface area contributed by atoms with Gasteiger partial charge >= 0.3 is 0 Å². The highest BCUT2D eigenvalue weighted by Crippen LogP contribution is 2.31. The lowest BCUT2D eigenvalue weighted by Crippen LogP contribution is -2.15. The number of rotatable bonds is 6. The van der Waals surface area contributed by atoms with Crippen LogP contribution in [-0.4, -0.2) is 34.7 Å². The van der Waals surface area contributed by atoms with Crippen molar-refractivity contribution in [2.45, 2.75) is 4.90 Å². The van der Waals surface area contributed by atoms with Gasteiger partial charge in [0.15, 0.2) is 0 Å². The monoisotopic (exact) mass is 402 g/mol. The first-order valence-corrected chi connectivity index (χ1v) is 8.64. The van der Waals surface area contributed by atoms with Gasteiger partial charge < -0.3 is 14.2 Å². The first-order chi connectivity index (χ1) is 10.9. The molecule has 0 aliphatic carbocycles. The van der Waals surface area contributed by atoms with E-state index < -0.39 is 10.0 Å². The quantitative estimate of drug-likeness (QED) is 0.798. The zero-order valence-corrected chi connectivity index (χ0v) is 15.1. The third kappa shape index (κ3) is 3.85. The largest absolute Gasteiger partial charge is 0.495 e. The van der Waals surface area contributed by atoms with E-state index in [0.717, 1.165) is 0 Å². The zero-order valence-electron chi connectivity index (χ0n) is 12.7. The number of halogens is 1. The number of methoxy groups -OCH3 is 3. The summed E-state index contributed by atoms with van der Waals surface area (Å²) in [5, 5.41) is 0. The minimum absolute atomic E-state index is 0.00718. The molecular weight excluding hydrogens is 388 g/mol. The fourth-order valence-corrected chi connectivity index (χ4v) is 3.60. The second kappa shape index (κ2) is 7.05. The average molecular weight is 403 g/mol. The molecule has 0 unspecified atom stereocenters. The van der Waals surface area contributed by atoms with Gasteiger partial charge in [0.25, 0.3) is 10.0 Å². The van der Waals surface area contributed by atoms with E-state index in [-0.39, 0.29) is 22.2 Å². The molecule has 2 aromatic rings. The van der Waals surface area contributed by atoms with Crippen molar-refractivity contribution in [1.82, 2.24) is 4.98 Å². The standard InChI is InChI=1S/C14H15BrN2O5S/c1-20-11-6-4-9(15)8-12(11)23(18,19)17-10-5-7-13(21-2)16-14(10)22-3/h4-8,17H,1-3H3. The number of ether oxygens (including phenoxy) is 3. The summed E-state index contributed by atoms with van der Waals surface area (Å²) in [6, 6.07) is 7.73. The van der Waals surface area contributed by atoms with Gasteiger partial charge in [-0.1, -0.05) is 15.9 Å². The molecule has 0 aliphatic rings. The molecule has 0 aliphatic heterocycles. The van der Waals surface area contributed by atoms with Gasteiger partial charge in [-0.2, -0.15) is 4.98 Å². The van der Waals surface area contributed by atoms with Crippen LogP contribution in [0.15, 0.2) is 39.7 Å². The highest BCUT2D eigenvalue weighted by Gasteiger charge is 2.22. The number of sulfonamides is 1. The van der Waals surface area contributed by atoms with E-state index in [0.29, 0.717) is 10.4 Å². The van der Waals surface area contributed by atoms with Crippen LogP contribution in [0.5, 0.6) is 17.5 Å². The maximum absolute atomic E-state index is 12.6. The van der Waals surface area contributed by atoms with Crippen LogP contribution in [0.2, 0.25) is 0 Å². The number of nitrogens with zero attached hydrogens (tertiary/aromatic N) is 1.